The predicted octanol–water partition coefficient (Wildman–Crippen LogP) is 0.146. The Morgan fingerprint density at radius 1 is 1.12 bits per heavy atom. The number of carbonyl (C=O) groups is 2. The van der Waals surface area contributed by atoms with Crippen LogP contribution in [0.4, 0.5) is 0 Å². The van der Waals surface area contributed by atoms with E-state index in [0.717, 1.165) is 0 Å². The van der Waals surface area contributed by atoms with Crippen molar-refractivity contribution in [2.45, 2.75) is 45.6 Å². The van der Waals surface area contributed by atoms with Crippen LogP contribution in [0.25, 0.3) is 0 Å². The fourth-order valence-corrected chi connectivity index (χ4v) is 1.13. The molecule has 0 unspecified atom stereocenters. The van der Waals surface area contributed by atoms with Crippen molar-refractivity contribution < 1.29 is 9.59 Å². The summed E-state index contributed by atoms with van der Waals surface area (Å²) in [5.41, 5.74) is 5.43. The summed E-state index contributed by atoms with van der Waals surface area (Å²) in [6.45, 7) is 6.63. The average molecular weight is 229 g/mol. The molecule has 0 aliphatic rings. The largest absolute Gasteiger partial charge is 0.356 e. The fourth-order valence-electron chi connectivity index (χ4n) is 1.13. The van der Waals surface area contributed by atoms with E-state index < -0.39 is 0 Å². The van der Waals surface area contributed by atoms with E-state index in [0.29, 0.717) is 32.4 Å². The van der Waals surface area contributed by atoms with E-state index in [2.05, 4.69) is 10.6 Å². The Hall–Kier alpha value is -1.10. The number of carbonyl (C=O) groups excluding carboxylic acids is 2. The third-order valence-electron chi connectivity index (χ3n) is 2.04. The van der Waals surface area contributed by atoms with Crippen LogP contribution in [0, 0.1) is 0 Å². The first-order valence-electron chi connectivity index (χ1n) is 5.67. The van der Waals surface area contributed by atoms with Gasteiger partial charge in [0.25, 0.3) is 0 Å². The normalized spacial score (nSPS) is 11.0. The summed E-state index contributed by atoms with van der Waals surface area (Å²) < 4.78 is 0. The van der Waals surface area contributed by atoms with Crippen LogP contribution in [0.5, 0.6) is 0 Å². The lowest BCUT2D eigenvalue weighted by atomic mass is 10.00. The topological polar surface area (TPSA) is 84.2 Å². The van der Waals surface area contributed by atoms with E-state index in [1.54, 1.807) is 0 Å². The van der Waals surface area contributed by atoms with E-state index in [1.165, 1.54) is 0 Å². The maximum atomic E-state index is 11.3. The zero-order chi connectivity index (χ0) is 12.6. The van der Waals surface area contributed by atoms with Gasteiger partial charge in [-0.3, -0.25) is 9.59 Å². The Kier molecular flexibility index (Phi) is 6.72. The van der Waals surface area contributed by atoms with Crippen molar-refractivity contribution in [3.8, 4) is 0 Å². The van der Waals surface area contributed by atoms with Gasteiger partial charge < -0.3 is 16.4 Å². The van der Waals surface area contributed by atoms with Crippen LogP contribution in [-0.2, 0) is 9.59 Å². The van der Waals surface area contributed by atoms with E-state index >= 15 is 0 Å². The van der Waals surface area contributed by atoms with Crippen molar-refractivity contribution in [1.82, 2.24) is 10.6 Å². The van der Waals surface area contributed by atoms with Crippen molar-refractivity contribution in [3.63, 3.8) is 0 Å². The second-order valence-electron chi connectivity index (χ2n) is 4.54. The van der Waals surface area contributed by atoms with Crippen molar-refractivity contribution in [3.05, 3.63) is 0 Å². The molecule has 2 amide bonds. The summed E-state index contributed by atoms with van der Waals surface area (Å²) in [5.74, 6) is -0.0928. The molecule has 0 bridgehead atoms. The number of nitrogens with one attached hydrogen (secondary N) is 2. The molecule has 0 saturated heterocycles. The smallest absolute Gasteiger partial charge is 0.221 e. The molecule has 0 aromatic heterocycles. The quantitative estimate of drug-likeness (QED) is 0.581. The zero-order valence-corrected chi connectivity index (χ0v) is 10.4. The van der Waals surface area contributed by atoms with E-state index in [-0.39, 0.29) is 17.4 Å². The lowest BCUT2D eigenvalue weighted by molar-refractivity contribution is -0.122. The zero-order valence-electron chi connectivity index (χ0n) is 10.4. The molecule has 0 aliphatic carbocycles. The minimum absolute atomic E-state index is 0.0399. The van der Waals surface area contributed by atoms with Crippen LogP contribution in [0.3, 0.4) is 0 Å². The van der Waals surface area contributed by atoms with Crippen LogP contribution >= 0.6 is 0 Å². The SMILES string of the molecule is CCNC(=O)CCNC(=O)CCC(C)(C)N. The summed E-state index contributed by atoms with van der Waals surface area (Å²) in [5, 5.41) is 5.35. The maximum Gasteiger partial charge on any atom is 0.221 e. The highest BCUT2D eigenvalue weighted by molar-refractivity contribution is 5.78. The Morgan fingerprint density at radius 3 is 2.19 bits per heavy atom. The Labute approximate surface area is 97.2 Å². The summed E-state index contributed by atoms with van der Waals surface area (Å²) in [6.07, 6.45) is 1.37. The van der Waals surface area contributed by atoms with Crippen LogP contribution < -0.4 is 16.4 Å². The van der Waals surface area contributed by atoms with E-state index in [9.17, 15) is 9.59 Å². The molecule has 0 atom stereocenters. The molecular formula is C11H23N3O2. The molecule has 0 heterocycles. The molecule has 0 spiro atoms. The number of hydrogen-bond donors (Lipinski definition) is 3. The first kappa shape index (κ1) is 14.9. The van der Waals surface area contributed by atoms with Gasteiger partial charge in [0.05, 0.1) is 0 Å². The summed E-state index contributed by atoms with van der Waals surface area (Å²) >= 11 is 0. The average Bonchev–Trinajstić information content (AvgIpc) is 2.14. The van der Waals surface area contributed by atoms with E-state index in [4.69, 9.17) is 5.73 Å². The highest BCUT2D eigenvalue weighted by atomic mass is 16.2. The summed E-state index contributed by atoms with van der Waals surface area (Å²) in [7, 11) is 0. The Balaban J connectivity index is 3.55. The molecule has 0 radical (unpaired) electrons. The molecule has 5 nitrogen and oxygen atoms in total. The molecule has 0 fully saturated rings. The van der Waals surface area contributed by atoms with Crippen molar-refractivity contribution in [2.24, 2.45) is 5.73 Å². The van der Waals surface area contributed by atoms with Gasteiger partial charge in [-0.15, -0.1) is 0 Å². The molecule has 0 rings (SSSR count). The summed E-state index contributed by atoms with van der Waals surface area (Å²) in [4.78, 5) is 22.4. The Bertz CT molecular complexity index is 234. The van der Waals surface area contributed by atoms with Crippen LogP contribution in [0.1, 0.15) is 40.0 Å². The molecule has 5 heteroatoms. The lowest BCUT2D eigenvalue weighted by Gasteiger charge is -2.17. The van der Waals surface area contributed by atoms with Crippen molar-refractivity contribution in [1.29, 1.82) is 0 Å². The van der Waals surface area contributed by atoms with Gasteiger partial charge in [-0.1, -0.05) is 0 Å². The number of amides is 2. The summed E-state index contributed by atoms with van der Waals surface area (Å²) in [6, 6.07) is 0. The first-order chi connectivity index (χ1) is 7.35. The van der Waals surface area contributed by atoms with Crippen molar-refractivity contribution in [2.75, 3.05) is 13.1 Å². The number of rotatable bonds is 7. The molecular weight excluding hydrogens is 206 g/mol. The molecule has 0 saturated carbocycles. The lowest BCUT2D eigenvalue weighted by Crippen LogP contribution is -2.35. The van der Waals surface area contributed by atoms with Gasteiger partial charge in [0, 0.05) is 31.5 Å². The molecule has 0 aromatic rings. The van der Waals surface area contributed by atoms with Gasteiger partial charge in [0.1, 0.15) is 0 Å². The third-order valence-corrected chi connectivity index (χ3v) is 2.04. The Morgan fingerprint density at radius 2 is 1.69 bits per heavy atom. The first-order valence-corrected chi connectivity index (χ1v) is 5.67. The van der Waals surface area contributed by atoms with Gasteiger partial charge in [0.15, 0.2) is 0 Å². The second kappa shape index (κ2) is 7.22. The van der Waals surface area contributed by atoms with Crippen LogP contribution in [-0.4, -0.2) is 30.4 Å². The number of hydrogen-bond acceptors (Lipinski definition) is 3. The standard InChI is InChI=1S/C11H23N3O2/c1-4-13-10(16)6-8-14-9(15)5-7-11(2,3)12/h4-8,12H2,1-3H3,(H,13,16)(H,14,15). The van der Waals surface area contributed by atoms with Crippen LogP contribution in [0.15, 0.2) is 0 Å². The molecule has 0 aliphatic heterocycles. The van der Waals surface area contributed by atoms with Gasteiger partial charge >= 0.3 is 0 Å². The molecule has 4 N–H and O–H groups in total. The van der Waals surface area contributed by atoms with Gasteiger partial charge in [-0.2, -0.15) is 0 Å². The van der Waals surface area contributed by atoms with Gasteiger partial charge in [-0.25, -0.2) is 0 Å². The third kappa shape index (κ3) is 9.45. The molecule has 94 valence electrons. The second-order valence-corrected chi connectivity index (χ2v) is 4.54. The predicted molar refractivity (Wildman–Crippen MR) is 63.8 cm³/mol. The van der Waals surface area contributed by atoms with Crippen molar-refractivity contribution >= 4 is 11.8 Å². The number of nitrogens with two attached hydrogens (primary N) is 1. The minimum atomic E-state index is -0.322. The monoisotopic (exact) mass is 229 g/mol. The molecule has 16 heavy (non-hydrogen) atoms. The highest BCUT2D eigenvalue weighted by Gasteiger charge is 2.12. The van der Waals surface area contributed by atoms with Crippen LogP contribution in [0.2, 0.25) is 0 Å². The van der Waals surface area contributed by atoms with Gasteiger partial charge in [-0.05, 0) is 27.2 Å². The molecule has 0 aromatic carbocycles. The minimum Gasteiger partial charge on any atom is -0.356 e. The maximum absolute atomic E-state index is 11.3. The van der Waals surface area contributed by atoms with Gasteiger partial charge in [0.2, 0.25) is 11.8 Å². The van der Waals surface area contributed by atoms with E-state index in [1.807, 2.05) is 20.8 Å². The fraction of sp³-hybridized carbons (Fsp3) is 0.818. The highest BCUT2D eigenvalue weighted by Crippen LogP contribution is 2.06.